The van der Waals surface area contributed by atoms with Gasteiger partial charge < -0.3 is 10.1 Å². The Balaban J connectivity index is 1.75. The third-order valence-corrected chi connectivity index (χ3v) is 3.43. The maximum atomic E-state index is 12.4. The number of amides is 1. The highest BCUT2D eigenvalue weighted by atomic mass is 16.5. The quantitative estimate of drug-likeness (QED) is 0.664. The summed E-state index contributed by atoms with van der Waals surface area (Å²) in [5.41, 5.74) is 0.543. The summed E-state index contributed by atoms with van der Waals surface area (Å²) in [6, 6.07) is 3.39. The van der Waals surface area contributed by atoms with E-state index in [2.05, 4.69) is 25.3 Å². The van der Waals surface area contributed by atoms with Crippen molar-refractivity contribution in [3.8, 4) is 0 Å². The van der Waals surface area contributed by atoms with Crippen LogP contribution in [0.25, 0.3) is 0 Å². The summed E-state index contributed by atoms with van der Waals surface area (Å²) in [6.07, 6.45) is 6.71. The zero-order valence-corrected chi connectivity index (χ0v) is 13.8. The van der Waals surface area contributed by atoms with Gasteiger partial charge in [0.1, 0.15) is 6.67 Å². The normalized spacial score (nSPS) is 10.6. The molecule has 0 spiro atoms. The second-order valence-corrected chi connectivity index (χ2v) is 5.12. The second kappa shape index (κ2) is 6.99. The van der Waals surface area contributed by atoms with Gasteiger partial charge in [-0.05, 0) is 19.1 Å². The number of nitrogens with one attached hydrogen (secondary N) is 1. The van der Waals surface area contributed by atoms with Crippen molar-refractivity contribution in [3.63, 3.8) is 0 Å². The van der Waals surface area contributed by atoms with Gasteiger partial charge in [-0.15, -0.1) is 0 Å². The molecule has 25 heavy (non-hydrogen) atoms. The number of esters is 1. The van der Waals surface area contributed by atoms with Crippen LogP contribution in [0.4, 0.5) is 5.69 Å². The maximum absolute atomic E-state index is 12.4. The van der Waals surface area contributed by atoms with Gasteiger partial charge in [0, 0.05) is 31.3 Å². The van der Waals surface area contributed by atoms with Gasteiger partial charge in [-0.25, -0.2) is 4.79 Å². The highest BCUT2D eigenvalue weighted by Gasteiger charge is 2.20. The monoisotopic (exact) mass is 343 g/mol. The Labute approximate surface area is 143 Å². The molecule has 0 atom stereocenters. The minimum Gasteiger partial charge on any atom is -0.464 e. The van der Waals surface area contributed by atoms with Crippen LogP contribution in [-0.4, -0.2) is 48.3 Å². The van der Waals surface area contributed by atoms with Crippen LogP contribution in [0, 0.1) is 0 Å². The van der Waals surface area contributed by atoms with Crippen molar-refractivity contribution in [2.24, 2.45) is 0 Å². The summed E-state index contributed by atoms with van der Waals surface area (Å²) < 4.78 is 9.49. The molecule has 10 nitrogen and oxygen atoms in total. The van der Waals surface area contributed by atoms with Crippen molar-refractivity contribution in [2.45, 2.75) is 20.1 Å². The van der Waals surface area contributed by atoms with Crippen molar-refractivity contribution in [2.75, 3.05) is 12.4 Å². The Morgan fingerprint density at radius 3 is 2.72 bits per heavy atom. The first-order valence-corrected chi connectivity index (χ1v) is 7.58. The fourth-order valence-electron chi connectivity index (χ4n) is 2.20. The van der Waals surface area contributed by atoms with Gasteiger partial charge in [0.2, 0.25) is 0 Å². The number of carbonyl (C=O) groups is 2. The molecular formula is C15H17N7O3. The zero-order valence-electron chi connectivity index (χ0n) is 13.8. The first-order chi connectivity index (χ1) is 12.1. The smallest absolute Gasteiger partial charge is 0.360 e. The van der Waals surface area contributed by atoms with E-state index in [-0.39, 0.29) is 17.1 Å². The average Bonchev–Trinajstić information content (AvgIpc) is 3.35. The number of anilines is 1. The Bertz CT molecular complexity index is 879. The molecule has 0 saturated carbocycles. The molecule has 3 rings (SSSR count). The highest BCUT2D eigenvalue weighted by Crippen LogP contribution is 2.16. The fraction of sp³-hybridized carbons (Fsp3) is 0.267. The van der Waals surface area contributed by atoms with Crippen LogP contribution in [-0.2, 0) is 18.0 Å². The van der Waals surface area contributed by atoms with Crippen LogP contribution in [0.3, 0.4) is 0 Å². The second-order valence-electron chi connectivity index (χ2n) is 5.12. The van der Waals surface area contributed by atoms with E-state index in [0.29, 0.717) is 13.2 Å². The predicted molar refractivity (Wildman–Crippen MR) is 87.0 cm³/mol. The van der Waals surface area contributed by atoms with Crippen LogP contribution in [0.15, 0.2) is 36.9 Å². The minimum atomic E-state index is -0.619. The van der Waals surface area contributed by atoms with Gasteiger partial charge in [0.25, 0.3) is 5.91 Å². The van der Waals surface area contributed by atoms with Gasteiger partial charge in [-0.1, -0.05) is 0 Å². The summed E-state index contributed by atoms with van der Waals surface area (Å²) in [5, 5.41) is 15.0. The number of hydrogen-bond donors (Lipinski definition) is 1. The number of aromatic nitrogens is 6. The maximum Gasteiger partial charge on any atom is 0.360 e. The van der Waals surface area contributed by atoms with E-state index < -0.39 is 11.9 Å². The van der Waals surface area contributed by atoms with Crippen LogP contribution in [0.1, 0.15) is 27.9 Å². The summed E-state index contributed by atoms with van der Waals surface area (Å²) in [4.78, 5) is 24.2. The number of ether oxygens (including phenoxy) is 1. The fourth-order valence-corrected chi connectivity index (χ4v) is 2.20. The summed E-state index contributed by atoms with van der Waals surface area (Å²) in [6.45, 7) is 2.82. The van der Waals surface area contributed by atoms with E-state index in [9.17, 15) is 9.59 Å². The molecule has 0 fully saturated rings. The molecule has 0 saturated heterocycles. The molecule has 0 bridgehead atoms. The number of rotatable bonds is 6. The van der Waals surface area contributed by atoms with Crippen molar-refractivity contribution in [1.29, 1.82) is 0 Å². The molecule has 0 aliphatic heterocycles. The first kappa shape index (κ1) is 16.4. The van der Waals surface area contributed by atoms with E-state index in [1.807, 2.05) is 6.92 Å². The minimum absolute atomic E-state index is 0.0497. The lowest BCUT2D eigenvalue weighted by Gasteiger charge is -2.03. The largest absolute Gasteiger partial charge is 0.464 e. The van der Waals surface area contributed by atoms with Gasteiger partial charge >= 0.3 is 5.97 Å². The molecule has 3 aromatic heterocycles. The van der Waals surface area contributed by atoms with E-state index in [4.69, 9.17) is 0 Å². The molecule has 3 aromatic rings. The standard InChI is InChI=1S/C15H17N7O3/c1-3-20-9-12(13(19-20)15(24)25-2)17-14(23)11-5-8-22(18-11)10-21-7-4-6-16-21/h4-9H,3,10H2,1-2H3,(H,17,23). The molecule has 0 aromatic carbocycles. The Hall–Kier alpha value is -3.43. The molecule has 0 radical (unpaired) electrons. The van der Waals surface area contributed by atoms with E-state index in [1.54, 1.807) is 46.3 Å². The van der Waals surface area contributed by atoms with E-state index in [1.165, 1.54) is 11.8 Å². The number of aryl methyl sites for hydroxylation is 1. The number of hydrogen-bond acceptors (Lipinski definition) is 6. The van der Waals surface area contributed by atoms with Crippen molar-refractivity contribution in [1.82, 2.24) is 29.3 Å². The van der Waals surface area contributed by atoms with Gasteiger partial charge in [0.05, 0.1) is 12.8 Å². The molecule has 3 heterocycles. The third kappa shape index (κ3) is 3.57. The first-order valence-electron chi connectivity index (χ1n) is 7.58. The van der Waals surface area contributed by atoms with E-state index >= 15 is 0 Å². The van der Waals surface area contributed by atoms with E-state index in [0.717, 1.165) is 0 Å². The molecule has 0 aliphatic rings. The molecule has 10 heteroatoms. The molecular weight excluding hydrogens is 326 g/mol. The van der Waals surface area contributed by atoms with Crippen LogP contribution in [0.2, 0.25) is 0 Å². The third-order valence-electron chi connectivity index (χ3n) is 3.43. The average molecular weight is 343 g/mol. The Morgan fingerprint density at radius 2 is 2.04 bits per heavy atom. The lowest BCUT2D eigenvalue weighted by Crippen LogP contribution is -2.16. The molecule has 1 amide bonds. The highest BCUT2D eigenvalue weighted by molar-refractivity contribution is 6.06. The molecule has 0 unspecified atom stereocenters. The summed E-state index contributed by atoms with van der Waals surface area (Å²) >= 11 is 0. The summed E-state index contributed by atoms with van der Waals surface area (Å²) in [5.74, 6) is -1.06. The Kier molecular flexibility index (Phi) is 4.59. The van der Waals surface area contributed by atoms with Crippen molar-refractivity contribution < 1.29 is 14.3 Å². The van der Waals surface area contributed by atoms with Gasteiger partial charge in [-0.2, -0.15) is 15.3 Å². The Morgan fingerprint density at radius 1 is 1.20 bits per heavy atom. The molecule has 1 N–H and O–H groups in total. The predicted octanol–water partition coefficient (Wildman–Crippen LogP) is 0.841. The van der Waals surface area contributed by atoms with Gasteiger partial charge in [0.15, 0.2) is 11.4 Å². The SMILES string of the molecule is CCn1cc(NC(=O)c2ccn(Cn3cccn3)n2)c(C(=O)OC)n1. The lowest BCUT2D eigenvalue weighted by molar-refractivity contribution is 0.0594. The van der Waals surface area contributed by atoms with Crippen LogP contribution >= 0.6 is 0 Å². The number of nitrogens with zero attached hydrogens (tertiary/aromatic N) is 6. The number of carbonyl (C=O) groups excluding carboxylic acids is 2. The van der Waals surface area contributed by atoms with Crippen molar-refractivity contribution in [3.05, 3.63) is 48.3 Å². The molecule has 0 aliphatic carbocycles. The van der Waals surface area contributed by atoms with Crippen LogP contribution in [0.5, 0.6) is 0 Å². The topological polar surface area (TPSA) is 109 Å². The van der Waals surface area contributed by atoms with Crippen LogP contribution < -0.4 is 5.32 Å². The van der Waals surface area contributed by atoms with Crippen molar-refractivity contribution >= 4 is 17.6 Å². The molecule has 130 valence electrons. The van der Waals surface area contributed by atoms with Gasteiger partial charge in [-0.3, -0.25) is 18.8 Å². The summed E-state index contributed by atoms with van der Waals surface area (Å²) in [7, 11) is 1.26. The number of methoxy groups -OCH3 is 1. The lowest BCUT2D eigenvalue weighted by atomic mass is 10.3. The zero-order chi connectivity index (χ0) is 17.8.